The number of nitrogens with zero attached hydrogens (tertiary/aromatic N) is 1. The summed E-state index contributed by atoms with van der Waals surface area (Å²) < 4.78 is 28.0. The first-order valence-electron chi connectivity index (χ1n) is 5.44. The van der Waals surface area contributed by atoms with Gasteiger partial charge in [-0.2, -0.15) is 4.72 Å². The summed E-state index contributed by atoms with van der Waals surface area (Å²) in [6.45, 7) is 5.12. The Bertz CT molecular complexity index is 578. The Kier molecular flexibility index (Phi) is 4.99. The summed E-state index contributed by atoms with van der Waals surface area (Å²) in [5.41, 5.74) is 5.26. The number of amidine groups is 1. The van der Waals surface area contributed by atoms with Gasteiger partial charge in [0.05, 0.1) is 9.33 Å². The van der Waals surface area contributed by atoms with Crippen LogP contribution in [0.25, 0.3) is 0 Å². The molecule has 1 atom stereocenters. The largest absolute Gasteiger partial charge is 0.409 e. The molecule has 108 valence electrons. The average molecular weight is 370 g/mol. The third-order valence-electron chi connectivity index (χ3n) is 2.84. The van der Waals surface area contributed by atoms with Gasteiger partial charge in [0.2, 0.25) is 0 Å². The third kappa shape index (κ3) is 3.47. The van der Waals surface area contributed by atoms with Crippen LogP contribution in [0, 0.1) is 6.92 Å². The quantitative estimate of drug-likeness (QED) is 0.319. The molecule has 0 bridgehead atoms. The zero-order chi connectivity index (χ0) is 14.8. The second-order valence-electron chi connectivity index (χ2n) is 4.30. The number of hydrogen-bond acceptors (Lipinski definition) is 5. The molecule has 0 saturated carbocycles. The number of nitrogens with two attached hydrogens (primary N) is 1. The van der Waals surface area contributed by atoms with Gasteiger partial charge < -0.3 is 10.9 Å². The van der Waals surface area contributed by atoms with Gasteiger partial charge in [0, 0.05) is 0 Å². The summed E-state index contributed by atoms with van der Waals surface area (Å²) in [4.78, 5) is 0. The SMILES string of the molecule is CCC(C)(NS(=O)(=O)c1cc(C)c(Br)s1)C(N)=NO. The molecule has 1 unspecified atom stereocenters. The van der Waals surface area contributed by atoms with Gasteiger partial charge in [-0.15, -0.1) is 11.3 Å². The van der Waals surface area contributed by atoms with Crippen molar-refractivity contribution in [2.24, 2.45) is 10.9 Å². The second kappa shape index (κ2) is 5.78. The Hall–Kier alpha value is -0.640. The van der Waals surface area contributed by atoms with E-state index in [0.717, 1.165) is 20.7 Å². The highest BCUT2D eigenvalue weighted by atomic mass is 79.9. The summed E-state index contributed by atoms with van der Waals surface area (Å²) in [6, 6.07) is 1.57. The Morgan fingerprint density at radius 1 is 1.68 bits per heavy atom. The second-order valence-corrected chi connectivity index (χ2v) is 8.58. The number of aryl methyl sites for hydroxylation is 1. The Morgan fingerprint density at radius 2 is 2.26 bits per heavy atom. The van der Waals surface area contributed by atoms with E-state index in [2.05, 4.69) is 25.8 Å². The van der Waals surface area contributed by atoms with E-state index in [9.17, 15) is 8.42 Å². The van der Waals surface area contributed by atoms with Gasteiger partial charge >= 0.3 is 0 Å². The molecule has 1 heterocycles. The van der Waals surface area contributed by atoms with Crippen LogP contribution in [0.3, 0.4) is 0 Å². The van der Waals surface area contributed by atoms with E-state index >= 15 is 0 Å². The fourth-order valence-corrected chi connectivity index (χ4v) is 5.01. The molecule has 4 N–H and O–H groups in total. The van der Waals surface area contributed by atoms with Crippen LogP contribution in [0.4, 0.5) is 0 Å². The zero-order valence-electron chi connectivity index (χ0n) is 10.8. The van der Waals surface area contributed by atoms with Crippen LogP contribution in [-0.4, -0.2) is 25.0 Å². The number of thiophene rings is 1. The molecule has 1 rings (SSSR count). The summed E-state index contributed by atoms with van der Waals surface area (Å²) in [5.74, 6) is -0.175. The van der Waals surface area contributed by atoms with Crippen LogP contribution >= 0.6 is 27.3 Å². The Labute approximate surface area is 124 Å². The van der Waals surface area contributed by atoms with E-state index in [1.807, 2.05) is 6.92 Å². The molecule has 0 aliphatic rings. The van der Waals surface area contributed by atoms with Crippen molar-refractivity contribution in [3.63, 3.8) is 0 Å². The molecule has 6 nitrogen and oxygen atoms in total. The number of sulfonamides is 1. The maximum absolute atomic E-state index is 12.3. The third-order valence-corrected chi connectivity index (χ3v) is 7.05. The average Bonchev–Trinajstić information content (AvgIpc) is 2.68. The van der Waals surface area contributed by atoms with Crippen LogP contribution in [0.2, 0.25) is 0 Å². The highest BCUT2D eigenvalue weighted by Gasteiger charge is 2.34. The van der Waals surface area contributed by atoms with Crippen molar-refractivity contribution in [2.45, 2.75) is 36.9 Å². The normalized spacial score (nSPS) is 16.3. The van der Waals surface area contributed by atoms with E-state index in [-0.39, 0.29) is 10.0 Å². The number of rotatable bonds is 5. The molecule has 0 aromatic carbocycles. The molecule has 0 fully saturated rings. The van der Waals surface area contributed by atoms with Gasteiger partial charge in [-0.3, -0.25) is 0 Å². The first kappa shape index (κ1) is 16.4. The molecule has 9 heteroatoms. The molecule has 0 saturated heterocycles. The van der Waals surface area contributed by atoms with Crippen LogP contribution in [-0.2, 0) is 10.0 Å². The summed E-state index contributed by atoms with van der Waals surface area (Å²) in [7, 11) is -3.72. The first-order chi connectivity index (χ1) is 8.66. The summed E-state index contributed by atoms with van der Waals surface area (Å²) >= 11 is 4.40. The molecular weight excluding hydrogens is 354 g/mol. The van der Waals surface area contributed by atoms with Crippen molar-refractivity contribution >= 4 is 43.1 Å². The van der Waals surface area contributed by atoms with E-state index in [4.69, 9.17) is 10.9 Å². The van der Waals surface area contributed by atoms with Crippen molar-refractivity contribution in [3.05, 3.63) is 15.4 Å². The Balaban J connectivity index is 3.15. The minimum atomic E-state index is -3.72. The lowest BCUT2D eigenvalue weighted by molar-refractivity contribution is 0.310. The topological polar surface area (TPSA) is 105 Å². The molecule has 0 spiro atoms. The minimum Gasteiger partial charge on any atom is -0.409 e. The van der Waals surface area contributed by atoms with E-state index in [1.165, 1.54) is 0 Å². The van der Waals surface area contributed by atoms with Gasteiger partial charge in [0.25, 0.3) is 10.0 Å². The van der Waals surface area contributed by atoms with Crippen LogP contribution in [0.1, 0.15) is 25.8 Å². The van der Waals surface area contributed by atoms with Crippen molar-refractivity contribution in [3.8, 4) is 0 Å². The summed E-state index contributed by atoms with van der Waals surface area (Å²) in [6.07, 6.45) is 0.355. The van der Waals surface area contributed by atoms with Gasteiger partial charge in [0.15, 0.2) is 5.84 Å². The molecular formula is C10H16BrN3O3S2. The van der Waals surface area contributed by atoms with Crippen molar-refractivity contribution in [1.82, 2.24) is 4.72 Å². The van der Waals surface area contributed by atoms with Crippen LogP contribution < -0.4 is 10.5 Å². The van der Waals surface area contributed by atoms with E-state index in [0.29, 0.717) is 6.42 Å². The monoisotopic (exact) mass is 369 g/mol. The van der Waals surface area contributed by atoms with Gasteiger partial charge in [-0.05, 0) is 47.8 Å². The maximum atomic E-state index is 12.3. The molecule has 0 amide bonds. The number of oxime groups is 1. The number of halogens is 1. The number of hydrogen-bond donors (Lipinski definition) is 3. The highest BCUT2D eigenvalue weighted by molar-refractivity contribution is 9.11. The van der Waals surface area contributed by atoms with Crippen molar-refractivity contribution in [2.75, 3.05) is 0 Å². The van der Waals surface area contributed by atoms with Crippen molar-refractivity contribution < 1.29 is 13.6 Å². The van der Waals surface area contributed by atoms with Gasteiger partial charge in [-0.1, -0.05) is 12.1 Å². The molecule has 0 radical (unpaired) electrons. The minimum absolute atomic E-state index is 0.175. The fourth-order valence-electron chi connectivity index (χ4n) is 1.33. The molecule has 0 aliphatic carbocycles. The van der Waals surface area contributed by atoms with E-state index < -0.39 is 15.6 Å². The molecule has 0 aliphatic heterocycles. The van der Waals surface area contributed by atoms with Gasteiger partial charge in [-0.25, -0.2) is 8.42 Å². The fraction of sp³-hybridized carbons (Fsp3) is 0.500. The lowest BCUT2D eigenvalue weighted by atomic mass is 10.00. The predicted octanol–water partition coefficient (Wildman–Crippen LogP) is 2.01. The molecule has 19 heavy (non-hydrogen) atoms. The Morgan fingerprint density at radius 3 is 2.63 bits per heavy atom. The predicted molar refractivity (Wildman–Crippen MR) is 79.2 cm³/mol. The smallest absolute Gasteiger partial charge is 0.251 e. The highest BCUT2D eigenvalue weighted by Crippen LogP contribution is 2.31. The molecule has 1 aromatic rings. The van der Waals surface area contributed by atoms with Crippen LogP contribution in [0.5, 0.6) is 0 Å². The molecule has 1 aromatic heterocycles. The lowest BCUT2D eigenvalue weighted by Crippen LogP contribution is -2.54. The maximum Gasteiger partial charge on any atom is 0.251 e. The lowest BCUT2D eigenvalue weighted by Gasteiger charge is -2.27. The van der Waals surface area contributed by atoms with E-state index in [1.54, 1.807) is 19.9 Å². The number of nitrogens with one attached hydrogen (secondary N) is 1. The summed E-state index contributed by atoms with van der Waals surface area (Å²) in [5, 5.41) is 11.6. The van der Waals surface area contributed by atoms with Crippen LogP contribution in [0.15, 0.2) is 19.2 Å². The zero-order valence-corrected chi connectivity index (χ0v) is 14.0. The standard InChI is InChI=1S/C10H16BrN3O3S2/c1-4-10(3,9(12)13-15)14-19(16,17)7-5-6(2)8(11)18-7/h5,14-15H,4H2,1-3H3,(H2,12,13). The first-order valence-corrected chi connectivity index (χ1v) is 8.53. The van der Waals surface area contributed by atoms with Gasteiger partial charge in [0.1, 0.15) is 4.21 Å². The van der Waals surface area contributed by atoms with Crippen molar-refractivity contribution in [1.29, 1.82) is 0 Å².